The van der Waals surface area contributed by atoms with Crippen LogP contribution in [0.15, 0.2) is 12.1 Å². The number of piperazine rings is 1. The van der Waals surface area contributed by atoms with E-state index in [1.165, 1.54) is 36.0 Å². The van der Waals surface area contributed by atoms with E-state index in [2.05, 4.69) is 24.1 Å². The average Bonchev–Trinajstić information content (AvgIpc) is 3.21. The zero-order chi connectivity index (χ0) is 14.1. The van der Waals surface area contributed by atoms with Gasteiger partial charge in [-0.15, -0.1) is 24.8 Å². The molecule has 0 aromatic heterocycles. The molecule has 0 unspecified atom stereocenters. The molecule has 3 rings (SSSR count). The summed E-state index contributed by atoms with van der Waals surface area (Å²) in [7, 11) is 0. The van der Waals surface area contributed by atoms with Crippen LogP contribution in [-0.4, -0.2) is 36.2 Å². The van der Waals surface area contributed by atoms with Gasteiger partial charge in [-0.2, -0.15) is 0 Å². The molecule has 0 amide bonds. The third kappa shape index (κ3) is 4.51. The maximum absolute atomic E-state index is 9.78. The van der Waals surface area contributed by atoms with Crippen molar-refractivity contribution in [3.05, 3.63) is 28.8 Å². The van der Waals surface area contributed by atoms with Crippen molar-refractivity contribution in [2.75, 3.05) is 26.2 Å². The molecule has 1 saturated heterocycles. The van der Waals surface area contributed by atoms with E-state index in [0.717, 1.165) is 32.1 Å². The van der Waals surface area contributed by atoms with Crippen molar-refractivity contribution in [1.82, 2.24) is 10.2 Å². The molecule has 1 aliphatic carbocycles. The molecule has 5 heteroatoms. The van der Waals surface area contributed by atoms with Gasteiger partial charge >= 0.3 is 0 Å². The molecule has 0 spiro atoms. The number of nitrogens with one attached hydrogen (secondary N) is 1. The molecule has 0 radical (unpaired) electrons. The summed E-state index contributed by atoms with van der Waals surface area (Å²) < 4.78 is 0. The number of aromatic hydroxyl groups is 1. The second kappa shape index (κ2) is 8.39. The third-order valence-corrected chi connectivity index (χ3v) is 4.76. The summed E-state index contributed by atoms with van der Waals surface area (Å²) in [5.41, 5.74) is 3.94. The molecule has 22 heavy (non-hydrogen) atoms. The van der Waals surface area contributed by atoms with Gasteiger partial charge in [-0.25, -0.2) is 0 Å². The molecule has 1 aliphatic heterocycles. The maximum Gasteiger partial charge on any atom is 0.116 e. The highest BCUT2D eigenvalue weighted by Crippen LogP contribution is 2.42. The van der Waals surface area contributed by atoms with Gasteiger partial charge in [0.25, 0.3) is 0 Å². The molecular weight excluding hydrogens is 319 g/mol. The maximum atomic E-state index is 9.78. The Kier molecular flexibility index (Phi) is 7.47. The summed E-state index contributed by atoms with van der Waals surface area (Å²) in [5, 5.41) is 13.2. The Labute approximate surface area is 146 Å². The van der Waals surface area contributed by atoms with Gasteiger partial charge in [0.05, 0.1) is 0 Å². The van der Waals surface area contributed by atoms with Crippen LogP contribution in [0.3, 0.4) is 0 Å². The van der Waals surface area contributed by atoms with E-state index in [0.29, 0.717) is 11.8 Å². The quantitative estimate of drug-likeness (QED) is 0.874. The Morgan fingerprint density at radius 2 is 1.68 bits per heavy atom. The third-order valence-electron chi connectivity index (χ3n) is 4.76. The van der Waals surface area contributed by atoms with Crippen LogP contribution in [0.5, 0.6) is 5.75 Å². The van der Waals surface area contributed by atoms with Crippen molar-refractivity contribution in [1.29, 1.82) is 0 Å². The first-order valence-electron chi connectivity index (χ1n) is 7.90. The fourth-order valence-electron chi connectivity index (χ4n) is 3.59. The van der Waals surface area contributed by atoms with Crippen LogP contribution in [0.4, 0.5) is 0 Å². The summed E-state index contributed by atoms with van der Waals surface area (Å²) in [5.74, 6) is 1.32. The fourth-order valence-corrected chi connectivity index (χ4v) is 3.59. The van der Waals surface area contributed by atoms with E-state index in [-0.39, 0.29) is 24.8 Å². The minimum absolute atomic E-state index is 0. The smallest absolute Gasteiger partial charge is 0.116 e. The van der Waals surface area contributed by atoms with Crippen LogP contribution >= 0.6 is 24.8 Å². The van der Waals surface area contributed by atoms with Crippen LogP contribution in [0.25, 0.3) is 0 Å². The second-order valence-corrected chi connectivity index (χ2v) is 6.47. The van der Waals surface area contributed by atoms with E-state index >= 15 is 0 Å². The molecule has 3 nitrogen and oxygen atoms in total. The first-order chi connectivity index (χ1) is 9.65. The van der Waals surface area contributed by atoms with Crippen LogP contribution in [0.1, 0.15) is 42.0 Å². The van der Waals surface area contributed by atoms with Gasteiger partial charge in [0.15, 0.2) is 0 Å². The number of phenols is 1. The second-order valence-electron chi connectivity index (χ2n) is 6.47. The van der Waals surface area contributed by atoms with Crippen molar-refractivity contribution >= 4 is 24.8 Å². The highest BCUT2D eigenvalue weighted by molar-refractivity contribution is 5.85. The van der Waals surface area contributed by atoms with Crippen LogP contribution in [-0.2, 0) is 0 Å². The Morgan fingerprint density at radius 1 is 1.14 bits per heavy atom. The SMILES string of the molecule is Cc1cc(O)cc(C)c1[C@@H](CC1CC1)N1CCNCC1.Cl.Cl. The summed E-state index contributed by atoms with van der Waals surface area (Å²) in [6, 6.07) is 4.37. The zero-order valence-electron chi connectivity index (χ0n) is 13.5. The van der Waals surface area contributed by atoms with E-state index in [4.69, 9.17) is 0 Å². The fraction of sp³-hybridized carbons (Fsp3) is 0.647. The van der Waals surface area contributed by atoms with Crippen molar-refractivity contribution in [3.63, 3.8) is 0 Å². The molecule has 0 bridgehead atoms. The zero-order valence-corrected chi connectivity index (χ0v) is 15.1. The van der Waals surface area contributed by atoms with Crippen molar-refractivity contribution in [2.45, 2.75) is 39.2 Å². The van der Waals surface area contributed by atoms with E-state index in [1.54, 1.807) is 0 Å². The number of nitrogens with zero attached hydrogens (tertiary/aromatic N) is 1. The first-order valence-corrected chi connectivity index (χ1v) is 7.90. The van der Waals surface area contributed by atoms with Crippen LogP contribution < -0.4 is 5.32 Å². The molecular formula is C17H28Cl2N2O. The number of aryl methyl sites for hydroxylation is 2. The predicted octanol–water partition coefficient (Wildman–Crippen LogP) is 3.60. The first kappa shape index (κ1) is 19.6. The summed E-state index contributed by atoms with van der Waals surface area (Å²) in [6.45, 7) is 8.75. The van der Waals surface area contributed by atoms with Crippen molar-refractivity contribution < 1.29 is 5.11 Å². The molecule has 1 aromatic rings. The summed E-state index contributed by atoms with van der Waals surface area (Å²) in [6.07, 6.45) is 4.09. The highest BCUT2D eigenvalue weighted by Gasteiger charge is 2.31. The van der Waals surface area contributed by atoms with Crippen LogP contribution in [0.2, 0.25) is 0 Å². The number of halogens is 2. The van der Waals surface area contributed by atoms with Gasteiger partial charge in [-0.1, -0.05) is 12.8 Å². The topological polar surface area (TPSA) is 35.5 Å². The highest BCUT2D eigenvalue weighted by atomic mass is 35.5. The molecule has 2 fully saturated rings. The van der Waals surface area contributed by atoms with Gasteiger partial charge in [0.1, 0.15) is 5.75 Å². The van der Waals surface area contributed by atoms with E-state index < -0.39 is 0 Å². The minimum Gasteiger partial charge on any atom is -0.508 e. The lowest BCUT2D eigenvalue weighted by atomic mass is 9.91. The number of hydrogen-bond acceptors (Lipinski definition) is 3. The largest absolute Gasteiger partial charge is 0.508 e. The molecule has 2 aliphatic rings. The number of hydrogen-bond donors (Lipinski definition) is 2. The summed E-state index contributed by atoms with van der Waals surface area (Å²) in [4.78, 5) is 2.64. The lowest BCUT2D eigenvalue weighted by Crippen LogP contribution is -2.45. The predicted molar refractivity (Wildman–Crippen MR) is 96.6 cm³/mol. The number of benzene rings is 1. The molecule has 1 aromatic carbocycles. The normalized spacial score (nSPS) is 19.9. The Hall–Kier alpha value is -0.480. The molecule has 1 atom stereocenters. The van der Waals surface area contributed by atoms with Gasteiger partial charge in [0.2, 0.25) is 0 Å². The molecule has 2 N–H and O–H groups in total. The Morgan fingerprint density at radius 3 is 2.18 bits per heavy atom. The van der Waals surface area contributed by atoms with E-state index in [9.17, 15) is 5.11 Å². The average molecular weight is 347 g/mol. The monoisotopic (exact) mass is 346 g/mol. The van der Waals surface area contributed by atoms with Crippen molar-refractivity contribution in [2.24, 2.45) is 5.92 Å². The Balaban J connectivity index is 0.00000121. The van der Waals surface area contributed by atoms with Gasteiger partial charge in [-0.3, -0.25) is 4.90 Å². The summed E-state index contributed by atoms with van der Waals surface area (Å²) >= 11 is 0. The van der Waals surface area contributed by atoms with Gasteiger partial charge in [-0.05, 0) is 55.0 Å². The van der Waals surface area contributed by atoms with Crippen molar-refractivity contribution in [3.8, 4) is 5.75 Å². The van der Waals surface area contributed by atoms with Gasteiger partial charge < -0.3 is 10.4 Å². The molecule has 1 saturated carbocycles. The molecule has 1 heterocycles. The number of phenolic OH excluding ortho intramolecular Hbond substituents is 1. The lowest BCUT2D eigenvalue weighted by molar-refractivity contribution is 0.159. The Bertz CT molecular complexity index is 463. The van der Waals surface area contributed by atoms with E-state index in [1.807, 2.05) is 12.1 Å². The van der Waals surface area contributed by atoms with Gasteiger partial charge in [0, 0.05) is 32.2 Å². The standard InChI is InChI=1S/C17H26N2O.2ClH/c1-12-9-15(20)10-13(2)17(12)16(11-14-3-4-14)19-7-5-18-6-8-19;;/h9-10,14,16,18,20H,3-8,11H2,1-2H3;2*1H/t16-;;/m1../s1. The number of rotatable bonds is 4. The van der Waals surface area contributed by atoms with Crippen LogP contribution in [0, 0.1) is 19.8 Å². The molecule has 126 valence electrons. The minimum atomic E-state index is 0. The lowest BCUT2D eigenvalue weighted by Gasteiger charge is -2.37.